The second kappa shape index (κ2) is 8.31. The molecule has 0 radical (unpaired) electrons. The molecule has 9 nitrogen and oxygen atoms in total. The van der Waals surface area contributed by atoms with Gasteiger partial charge in [0.2, 0.25) is 11.8 Å². The van der Waals surface area contributed by atoms with E-state index in [2.05, 4.69) is 20.8 Å². The first kappa shape index (κ1) is 20.6. The Bertz CT molecular complexity index is 818. The average molecular weight is 431 g/mol. The molecule has 2 atom stereocenters. The topological polar surface area (TPSA) is 104 Å². The van der Waals surface area contributed by atoms with E-state index < -0.39 is 5.41 Å². The molecule has 0 unspecified atom stereocenters. The standard InChI is InChI=1S/C22H34N6O3/c1-15-25-26-21(31-15)28-13-17-12-27(20(30)24-18-5-2-3-6-18)10-4-9-22(17,14-28)19(29)23-11-16-7-8-16/h16-18H,2-14H2,1H3,(H,23,29)(H,24,30)/t17-,22-/m1/s1. The van der Waals surface area contributed by atoms with E-state index in [4.69, 9.17) is 4.42 Å². The minimum absolute atomic E-state index is 0.0215. The molecule has 3 amide bonds. The summed E-state index contributed by atoms with van der Waals surface area (Å²) >= 11 is 0. The van der Waals surface area contributed by atoms with Gasteiger partial charge in [-0.3, -0.25) is 4.79 Å². The van der Waals surface area contributed by atoms with Gasteiger partial charge in [-0.15, -0.1) is 5.10 Å². The van der Waals surface area contributed by atoms with Gasteiger partial charge >= 0.3 is 12.0 Å². The van der Waals surface area contributed by atoms with Crippen LogP contribution in [0, 0.1) is 24.2 Å². The van der Waals surface area contributed by atoms with E-state index in [1.54, 1.807) is 6.92 Å². The number of fused-ring (bicyclic) bond motifs is 1. The molecule has 31 heavy (non-hydrogen) atoms. The molecule has 2 saturated heterocycles. The molecule has 9 heteroatoms. The van der Waals surface area contributed by atoms with Gasteiger partial charge in [-0.1, -0.05) is 17.9 Å². The van der Waals surface area contributed by atoms with Crippen LogP contribution in [0.15, 0.2) is 4.42 Å². The number of likely N-dealkylation sites (tertiary alicyclic amines) is 1. The molecule has 3 heterocycles. The number of nitrogens with one attached hydrogen (secondary N) is 2. The van der Waals surface area contributed by atoms with Crippen LogP contribution in [0.25, 0.3) is 0 Å². The normalized spacial score (nSPS) is 29.0. The minimum Gasteiger partial charge on any atom is -0.408 e. The number of aryl methyl sites for hydroxylation is 1. The van der Waals surface area contributed by atoms with Crippen LogP contribution in [-0.4, -0.2) is 65.8 Å². The molecule has 2 aliphatic carbocycles. The highest BCUT2D eigenvalue weighted by Gasteiger charge is 2.54. The quantitative estimate of drug-likeness (QED) is 0.741. The third-order valence-electron chi connectivity index (χ3n) is 7.64. The van der Waals surface area contributed by atoms with Crippen LogP contribution in [0.4, 0.5) is 10.8 Å². The Morgan fingerprint density at radius 3 is 2.65 bits per heavy atom. The third-order valence-corrected chi connectivity index (χ3v) is 7.64. The molecule has 2 aliphatic heterocycles. The molecule has 5 rings (SSSR count). The van der Waals surface area contributed by atoms with Crippen LogP contribution < -0.4 is 15.5 Å². The van der Waals surface area contributed by atoms with E-state index in [9.17, 15) is 9.59 Å². The molecule has 1 aromatic heterocycles. The number of nitrogens with zero attached hydrogens (tertiary/aromatic N) is 4. The molecular weight excluding hydrogens is 396 g/mol. The lowest BCUT2D eigenvalue weighted by Gasteiger charge is -2.32. The van der Waals surface area contributed by atoms with Crippen molar-refractivity contribution in [3.63, 3.8) is 0 Å². The van der Waals surface area contributed by atoms with Crippen molar-refractivity contribution >= 4 is 18.0 Å². The van der Waals surface area contributed by atoms with E-state index >= 15 is 0 Å². The van der Waals surface area contributed by atoms with Gasteiger partial charge in [-0.05, 0) is 44.4 Å². The number of carbonyl (C=O) groups excluding carboxylic acids is 2. The van der Waals surface area contributed by atoms with Crippen molar-refractivity contribution in [3.05, 3.63) is 5.89 Å². The van der Waals surface area contributed by atoms with Gasteiger partial charge in [0.1, 0.15) is 0 Å². The zero-order valence-corrected chi connectivity index (χ0v) is 18.4. The summed E-state index contributed by atoms with van der Waals surface area (Å²) in [5, 5.41) is 14.6. The predicted molar refractivity (Wildman–Crippen MR) is 114 cm³/mol. The summed E-state index contributed by atoms with van der Waals surface area (Å²) in [7, 11) is 0. The summed E-state index contributed by atoms with van der Waals surface area (Å²) in [5.41, 5.74) is -0.528. The average Bonchev–Trinajstić information content (AvgIpc) is 3.12. The van der Waals surface area contributed by atoms with Crippen LogP contribution in [0.3, 0.4) is 0 Å². The second-order valence-corrected chi connectivity index (χ2v) is 9.97. The van der Waals surface area contributed by atoms with Crippen LogP contribution in [0.2, 0.25) is 0 Å². The first-order valence-corrected chi connectivity index (χ1v) is 11.9. The molecule has 2 N–H and O–H groups in total. The van der Waals surface area contributed by atoms with Crippen LogP contribution in [0.1, 0.15) is 57.3 Å². The van der Waals surface area contributed by atoms with Crippen LogP contribution in [-0.2, 0) is 4.79 Å². The van der Waals surface area contributed by atoms with Crippen molar-refractivity contribution in [1.82, 2.24) is 25.7 Å². The summed E-state index contributed by atoms with van der Waals surface area (Å²) in [6.45, 7) is 5.03. The molecule has 4 fully saturated rings. The van der Waals surface area contributed by atoms with Crippen molar-refractivity contribution in [1.29, 1.82) is 0 Å². The van der Waals surface area contributed by atoms with E-state index in [1.165, 1.54) is 25.7 Å². The van der Waals surface area contributed by atoms with E-state index in [0.29, 0.717) is 50.0 Å². The number of anilines is 1. The number of amides is 3. The number of urea groups is 1. The van der Waals surface area contributed by atoms with Gasteiger partial charge in [-0.2, -0.15) is 0 Å². The van der Waals surface area contributed by atoms with Gasteiger partial charge in [0.25, 0.3) is 0 Å². The summed E-state index contributed by atoms with van der Waals surface area (Å²) in [4.78, 5) is 30.5. The summed E-state index contributed by atoms with van der Waals surface area (Å²) < 4.78 is 5.68. The Morgan fingerprint density at radius 2 is 1.94 bits per heavy atom. The van der Waals surface area contributed by atoms with E-state index in [1.807, 2.05) is 9.80 Å². The van der Waals surface area contributed by atoms with Gasteiger partial charge in [0.15, 0.2) is 0 Å². The van der Waals surface area contributed by atoms with Crippen molar-refractivity contribution in [3.8, 4) is 0 Å². The molecule has 0 bridgehead atoms. The third kappa shape index (κ3) is 4.23. The van der Waals surface area contributed by atoms with Crippen molar-refractivity contribution in [2.45, 2.75) is 64.3 Å². The SMILES string of the molecule is Cc1nnc(N2C[C@H]3CN(C(=O)NC4CCCC4)CCC[C@@]3(C(=O)NCC3CC3)C2)o1. The number of rotatable bonds is 5. The van der Waals surface area contributed by atoms with Gasteiger partial charge in [0.05, 0.1) is 5.41 Å². The maximum atomic E-state index is 13.5. The lowest BCUT2D eigenvalue weighted by molar-refractivity contribution is -0.132. The predicted octanol–water partition coefficient (Wildman–Crippen LogP) is 2.07. The maximum Gasteiger partial charge on any atom is 0.318 e. The zero-order chi connectivity index (χ0) is 21.4. The Balaban J connectivity index is 1.34. The molecule has 1 aromatic rings. The van der Waals surface area contributed by atoms with Gasteiger partial charge in [0, 0.05) is 51.6 Å². The molecular formula is C22H34N6O3. The number of hydrogen-bond acceptors (Lipinski definition) is 6. The van der Waals surface area contributed by atoms with Crippen LogP contribution in [0.5, 0.6) is 0 Å². The van der Waals surface area contributed by atoms with Gasteiger partial charge in [-0.25, -0.2) is 4.79 Å². The molecule has 0 aromatic carbocycles. The van der Waals surface area contributed by atoms with E-state index in [0.717, 1.165) is 32.2 Å². The van der Waals surface area contributed by atoms with Gasteiger partial charge < -0.3 is 24.9 Å². The summed E-state index contributed by atoms with van der Waals surface area (Å²) in [5.74, 6) is 1.32. The Kier molecular flexibility index (Phi) is 5.52. The minimum atomic E-state index is -0.528. The van der Waals surface area contributed by atoms with Crippen molar-refractivity contribution in [2.75, 3.05) is 37.6 Å². The van der Waals surface area contributed by atoms with Crippen molar-refractivity contribution < 1.29 is 14.0 Å². The highest BCUT2D eigenvalue weighted by Crippen LogP contribution is 2.44. The number of aromatic nitrogens is 2. The molecule has 2 saturated carbocycles. The Labute approximate surface area is 183 Å². The summed E-state index contributed by atoms with van der Waals surface area (Å²) in [6.07, 6.45) is 8.53. The van der Waals surface area contributed by atoms with E-state index in [-0.39, 0.29) is 17.9 Å². The second-order valence-electron chi connectivity index (χ2n) is 9.97. The fraction of sp³-hybridized carbons (Fsp3) is 0.818. The summed E-state index contributed by atoms with van der Waals surface area (Å²) in [6, 6.07) is 0.791. The number of hydrogen-bond donors (Lipinski definition) is 2. The highest BCUT2D eigenvalue weighted by atomic mass is 16.4. The largest absolute Gasteiger partial charge is 0.408 e. The maximum absolute atomic E-state index is 13.5. The Hall–Kier alpha value is -2.32. The highest BCUT2D eigenvalue weighted by molar-refractivity contribution is 5.85. The Morgan fingerprint density at radius 1 is 1.13 bits per heavy atom. The fourth-order valence-electron chi connectivity index (χ4n) is 5.62. The van der Waals surface area contributed by atoms with Crippen molar-refractivity contribution in [2.24, 2.45) is 17.3 Å². The molecule has 4 aliphatic rings. The molecule has 170 valence electrons. The smallest absolute Gasteiger partial charge is 0.318 e. The lowest BCUT2D eigenvalue weighted by Crippen LogP contribution is -2.50. The lowest BCUT2D eigenvalue weighted by atomic mass is 9.74. The number of carbonyl (C=O) groups is 2. The fourth-order valence-corrected chi connectivity index (χ4v) is 5.62. The monoisotopic (exact) mass is 430 g/mol. The zero-order valence-electron chi connectivity index (χ0n) is 18.4. The molecule has 0 spiro atoms. The van der Waals surface area contributed by atoms with Crippen LogP contribution >= 0.6 is 0 Å². The first-order valence-electron chi connectivity index (χ1n) is 11.9. The first-order chi connectivity index (χ1) is 15.0.